The average molecular weight is 272 g/mol. The lowest BCUT2D eigenvalue weighted by Gasteiger charge is -2.28. The van der Waals surface area contributed by atoms with Gasteiger partial charge in [0, 0.05) is 24.2 Å². The number of rotatable bonds is 2. The highest BCUT2D eigenvalue weighted by molar-refractivity contribution is 5.95. The molecule has 108 valence electrons. The second kappa shape index (κ2) is 5.57. The molecule has 0 bridgehead atoms. The number of nitrogens with one attached hydrogen (secondary N) is 1. The lowest BCUT2D eigenvalue weighted by atomic mass is 9.98. The first-order valence-corrected chi connectivity index (χ1v) is 7.86. The number of fused-ring (bicyclic) bond motifs is 1. The van der Waals surface area contributed by atoms with Gasteiger partial charge in [-0.3, -0.25) is 4.79 Å². The van der Waals surface area contributed by atoms with E-state index >= 15 is 0 Å². The average Bonchev–Trinajstić information content (AvgIpc) is 2.87. The molecule has 1 N–H and O–H groups in total. The fourth-order valence-electron chi connectivity index (χ4n) is 3.60. The minimum Gasteiger partial charge on any atom is -0.333 e. The van der Waals surface area contributed by atoms with Gasteiger partial charge >= 0.3 is 0 Å². The molecule has 3 nitrogen and oxygen atoms in total. The number of benzene rings is 1. The molecule has 2 heterocycles. The van der Waals surface area contributed by atoms with E-state index in [1.165, 1.54) is 11.1 Å². The van der Waals surface area contributed by atoms with Crippen LogP contribution in [0.15, 0.2) is 18.2 Å². The molecular weight excluding hydrogens is 248 g/mol. The van der Waals surface area contributed by atoms with Crippen molar-refractivity contribution in [2.24, 2.45) is 0 Å². The van der Waals surface area contributed by atoms with Gasteiger partial charge in [-0.2, -0.15) is 0 Å². The van der Waals surface area contributed by atoms with Gasteiger partial charge in [0.05, 0.1) is 0 Å². The summed E-state index contributed by atoms with van der Waals surface area (Å²) in [5.74, 6) is 0.218. The summed E-state index contributed by atoms with van der Waals surface area (Å²) in [6, 6.07) is 7.06. The number of carbonyl (C=O) groups excluding carboxylic acids is 1. The summed E-state index contributed by atoms with van der Waals surface area (Å²) in [6.45, 7) is 6.29. The summed E-state index contributed by atoms with van der Waals surface area (Å²) in [6.07, 6.45) is 4.41. The Labute approximate surface area is 121 Å². The molecule has 0 aromatic heterocycles. The van der Waals surface area contributed by atoms with Crippen LogP contribution in [0.2, 0.25) is 0 Å². The topological polar surface area (TPSA) is 32.3 Å². The van der Waals surface area contributed by atoms with Crippen LogP contribution in [-0.2, 0) is 13.0 Å². The van der Waals surface area contributed by atoms with Crippen LogP contribution in [0, 0.1) is 0 Å². The maximum absolute atomic E-state index is 12.8. The maximum Gasteiger partial charge on any atom is 0.254 e. The zero-order valence-electron chi connectivity index (χ0n) is 12.5. The second-order valence-electron chi connectivity index (χ2n) is 6.11. The van der Waals surface area contributed by atoms with Crippen LogP contribution in [0.25, 0.3) is 0 Å². The van der Waals surface area contributed by atoms with Crippen LogP contribution in [0.1, 0.15) is 54.6 Å². The number of amides is 1. The Kier molecular flexibility index (Phi) is 3.79. The van der Waals surface area contributed by atoms with Gasteiger partial charge in [0.15, 0.2) is 0 Å². The van der Waals surface area contributed by atoms with E-state index in [2.05, 4.69) is 36.2 Å². The van der Waals surface area contributed by atoms with Crippen molar-refractivity contribution in [3.05, 3.63) is 34.9 Å². The van der Waals surface area contributed by atoms with E-state index in [-0.39, 0.29) is 5.91 Å². The zero-order chi connectivity index (χ0) is 14.1. The molecule has 0 radical (unpaired) electrons. The zero-order valence-corrected chi connectivity index (χ0v) is 12.5. The number of hydrogen-bond donors (Lipinski definition) is 1. The van der Waals surface area contributed by atoms with Crippen LogP contribution in [0.4, 0.5) is 0 Å². The first-order chi connectivity index (χ1) is 9.70. The van der Waals surface area contributed by atoms with Gasteiger partial charge in [-0.25, -0.2) is 0 Å². The van der Waals surface area contributed by atoms with Crippen molar-refractivity contribution in [2.45, 2.75) is 58.2 Å². The second-order valence-corrected chi connectivity index (χ2v) is 6.11. The van der Waals surface area contributed by atoms with Gasteiger partial charge in [0.1, 0.15) is 0 Å². The molecule has 2 aliphatic heterocycles. The predicted octanol–water partition coefficient (Wildman–Crippen LogP) is 2.74. The van der Waals surface area contributed by atoms with Gasteiger partial charge in [-0.15, -0.1) is 0 Å². The Morgan fingerprint density at radius 2 is 2.20 bits per heavy atom. The molecule has 1 amide bonds. The Bertz CT molecular complexity index is 512. The van der Waals surface area contributed by atoms with Crippen molar-refractivity contribution in [3.8, 4) is 0 Å². The standard InChI is InChI=1S/C17H24N2O/c1-3-16-7-4-12(2)19(16)17(20)14-6-5-13-8-9-18-11-15(13)10-14/h5-6,10,12,16,18H,3-4,7-9,11H2,1-2H3. The molecule has 20 heavy (non-hydrogen) atoms. The highest BCUT2D eigenvalue weighted by Crippen LogP contribution is 2.28. The first kappa shape index (κ1) is 13.6. The minimum absolute atomic E-state index is 0.218. The number of carbonyl (C=O) groups is 1. The normalized spacial score (nSPS) is 25.6. The number of nitrogens with zero attached hydrogens (tertiary/aromatic N) is 1. The summed E-state index contributed by atoms with van der Waals surface area (Å²) in [5.41, 5.74) is 3.54. The van der Waals surface area contributed by atoms with Crippen LogP contribution >= 0.6 is 0 Å². The highest BCUT2D eigenvalue weighted by Gasteiger charge is 2.33. The van der Waals surface area contributed by atoms with Crippen molar-refractivity contribution in [1.82, 2.24) is 10.2 Å². The van der Waals surface area contributed by atoms with Gasteiger partial charge < -0.3 is 10.2 Å². The van der Waals surface area contributed by atoms with Crippen molar-refractivity contribution in [1.29, 1.82) is 0 Å². The van der Waals surface area contributed by atoms with Crippen LogP contribution < -0.4 is 5.32 Å². The van der Waals surface area contributed by atoms with Crippen LogP contribution in [-0.4, -0.2) is 29.4 Å². The molecule has 1 fully saturated rings. The molecule has 3 heteroatoms. The quantitative estimate of drug-likeness (QED) is 0.898. The third-order valence-electron chi connectivity index (χ3n) is 4.83. The van der Waals surface area contributed by atoms with E-state index in [1.54, 1.807) is 0 Å². The third-order valence-corrected chi connectivity index (χ3v) is 4.83. The summed E-state index contributed by atoms with van der Waals surface area (Å²) < 4.78 is 0. The summed E-state index contributed by atoms with van der Waals surface area (Å²) in [7, 11) is 0. The molecule has 0 saturated carbocycles. The third kappa shape index (κ3) is 2.35. The first-order valence-electron chi connectivity index (χ1n) is 7.86. The number of likely N-dealkylation sites (tertiary alicyclic amines) is 1. The molecule has 2 unspecified atom stereocenters. The minimum atomic E-state index is 0.218. The molecule has 0 aliphatic carbocycles. The van der Waals surface area contributed by atoms with E-state index in [1.807, 2.05) is 6.07 Å². The SMILES string of the molecule is CCC1CCC(C)N1C(=O)c1ccc2c(c1)CNCC2. The maximum atomic E-state index is 12.8. The van der Waals surface area contributed by atoms with E-state index in [4.69, 9.17) is 0 Å². The van der Waals surface area contributed by atoms with Gasteiger partial charge in [-0.1, -0.05) is 13.0 Å². The van der Waals surface area contributed by atoms with E-state index in [0.29, 0.717) is 12.1 Å². The molecule has 0 spiro atoms. The molecule has 3 rings (SSSR count). The van der Waals surface area contributed by atoms with Crippen molar-refractivity contribution < 1.29 is 4.79 Å². The lowest BCUT2D eigenvalue weighted by molar-refractivity contribution is 0.0676. The van der Waals surface area contributed by atoms with Crippen LogP contribution in [0.3, 0.4) is 0 Å². The molecule has 2 atom stereocenters. The van der Waals surface area contributed by atoms with Crippen LogP contribution in [0.5, 0.6) is 0 Å². The summed E-state index contributed by atoms with van der Waals surface area (Å²) >= 11 is 0. The van der Waals surface area contributed by atoms with E-state index < -0.39 is 0 Å². The lowest BCUT2D eigenvalue weighted by Crippen LogP contribution is -2.39. The smallest absolute Gasteiger partial charge is 0.254 e. The monoisotopic (exact) mass is 272 g/mol. The Hall–Kier alpha value is -1.35. The van der Waals surface area contributed by atoms with Gasteiger partial charge in [0.25, 0.3) is 5.91 Å². The fourth-order valence-corrected chi connectivity index (χ4v) is 3.60. The summed E-state index contributed by atoms with van der Waals surface area (Å²) in [4.78, 5) is 14.9. The predicted molar refractivity (Wildman–Crippen MR) is 80.8 cm³/mol. The summed E-state index contributed by atoms with van der Waals surface area (Å²) in [5, 5.41) is 3.38. The Morgan fingerprint density at radius 1 is 1.35 bits per heavy atom. The fraction of sp³-hybridized carbons (Fsp3) is 0.588. The highest BCUT2D eigenvalue weighted by atomic mass is 16.2. The Balaban J connectivity index is 1.86. The van der Waals surface area contributed by atoms with Gasteiger partial charge in [-0.05, 0) is 62.4 Å². The van der Waals surface area contributed by atoms with E-state index in [0.717, 1.165) is 44.3 Å². The molecular formula is C17H24N2O. The number of hydrogen-bond acceptors (Lipinski definition) is 2. The van der Waals surface area contributed by atoms with Gasteiger partial charge in [0.2, 0.25) is 0 Å². The largest absolute Gasteiger partial charge is 0.333 e. The van der Waals surface area contributed by atoms with Crippen molar-refractivity contribution in [3.63, 3.8) is 0 Å². The molecule has 1 aromatic rings. The molecule has 2 aliphatic rings. The van der Waals surface area contributed by atoms with E-state index in [9.17, 15) is 4.79 Å². The van der Waals surface area contributed by atoms with Crippen molar-refractivity contribution in [2.75, 3.05) is 6.54 Å². The Morgan fingerprint density at radius 3 is 3.00 bits per heavy atom. The van der Waals surface area contributed by atoms with Crippen molar-refractivity contribution >= 4 is 5.91 Å². The molecule has 1 aromatic carbocycles. The molecule has 1 saturated heterocycles.